The van der Waals surface area contributed by atoms with Gasteiger partial charge in [-0.15, -0.1) is 3.89 Å². The van der Waals surface area contributed by atoms with E-state index in [0.717, 1.165) is 40.6 Å². The number of fused-ring (bicyclic) bond motifs is 2. The summed E-state index contributed by atoms with van der Waals surface area (Å²) in [6, 6.07) is 9.46. The van der Waals surface area contributed by atoms with Crippen molar-refractivity contribution >= 4 is 46.9 Å². The molecular weight excluding hydrogens is 443 g/mol. The number of amides is 2. The molecule has 1 aliphatic heterocycles. The third-order valence-corrected chi connectivity index (χ3v) is 6.22. The lowest BCUT2D eigenvalue weighted by Crippen LogP contribution is -2.35. The van der Waals surface area contributed by atoms with Crippen LogP contribution in [0.3, 0.4) is 0 Å². The van der Waals surface area contributed by atoms with Crippen LogP contribution in [-0.4, -0.2) is 33.1 Å². The molecule has 33 heavy (non-hydrogen) atoms. The second-order valence-electron chi connectivity index (χ2n) is 9.49. The Kier molecular flexibility index (Phi) is 5.31. The molecule has 0 bridgehead atoms. The highest BCUT2D eigenvalue weighted by Gasteiger charge is 2.31. The number of hydrogen-bond donors (Lipinski definition) is 1. The quantitative estimate of drug-likeness (QED) is 0.529. The number of nitrogens with one attached hydrogen (secondary N) is 1. The number of ether oxygens (including phenoxy) is 1. The van der Waals surface area contributed by atoms with Gasteiger partial charge in [-0.3, -0.25) is 9.69 Å². The molecule has 0 radical (unpaired) electrons. The van der Waals surface area contributed by atoms with Gasteiger partial charge in [0, 0.05) is 29.6 Å². The number of rotatable bonds is 4. The molecule has 172 valence electrons. The molecule has 9 heteroatoms. The highest BCUT2D eigenvalue weighted by molar-refractivity contribution is 7.92. The van der Waals surface area contributed by atoms with Crippen molar-refractivity contribution in [1.82, 2.24) is 8.96 Å². The number of carbonyl (C=O) groups excluding carboxylic acids is 2. The van der Waals surface area contributed by atoms with E-state index in [4.69, 9.17) is 4.74 Å². The molecule has 1 aromatic carbocycles. The summed E-state index contributed by atoms with van der Waals surface area (Å²) in [7, 11) is 0. The summed E-state index contributed by atoms with van der Waals surface area (Å²) < 4.78 is 20.6. The minimum Gasteiger partial charge on any atom is -0.443 e. The molecule has 2 aromatic heterocycles. The van der Waals surface area contributed by atoms with Gasteiger partial charge in [0.15, 0.2) is 18.0 Å². The third-order valence-electron chi connectivity index (χ3n) is 5.79. The smallest absolute Gasteiger partial charge is 0.414 e. The van der Waals surface area contributed by atoms with Crippen LogP contribution < -0.4 is 10.2 Å². The van der Waals surface area contributed by atoms with Gasteiger partial charge in [-0.2, -0.15) is 0 Å². The van der Waals surface area contributed by atoms with E-state index < -0.39 is 5.60 Å². The van der Waals surface area contributed by atoms with Crippen molar-refractivity contribution in [2.75, 3.05) is 16.8 Å². The lowest BCUT2D eigenvalue weighted by atomic mass is 10.0. The number of aromatic nitrogens is 2. The fourth-order valence-electron chi connectivity index (χ4n) is 4.08. The maximum Gasteiger partial charge on any atom is 0.414 e. The summed E-state index contributed by atoms with van der Waals surface area (Å²) in [5.74, 6) is 0.439. The SMILES string of the molecule is CC(C)(C)OC(=O)N1CCc2cc(-c3cn(SF)c4nc(NC(=O)C5CC5)ccc34)ccc21. The first-order valence-corrected chi connectivity index (χ1v) is 11.7. The molecular formula is C24H25FN4O3S. The Morgan fingerprint density at radius 2 is 2.00 bits per heavy atom. The van der Waals surface area contributed by atoms with Crippen molar-refractivity contribution in [3.05, 3.63) is 42.1 Å². The molecule has 0 unspecified atom stereocenters. The largest absolute Gasteiger partial charge is 0.443 e. The zero-order valence-electron chi connectivity index (χ0n) is 18.7. The molecule has 3 aromatic rings. The van der Waals surface area contributed by atoms with Gasteiger partial charge in [-0.25, -0.2) is 13.8 Å². The first kappa shape index (κ1) is 21.8. The normalized spacial score (nSPS) is 15.6. The molecule has 1 aliphatic carbocycles. The first-order valence-electron chi connectivity index (χ1n) is 11.0. The summed E-state index contributed by atoms with van der Waals surface area (Å²) in [6.45, 7) is 6.10. The lowest BCUT2D eigenvalue weighted by molar-refractivity contribution is -0.117. The molecule has 2 amide bonds. The van der Waals surface area contributed by atoms with Crippen molar-refractivity contribution < 1.29 is 18.2 Å². The maximum absolute atomic E-state index is 13.7. The van der Waals surface area contributed by atoms with Gasteiger partial charge in [0.05, 0.1) is 5.69 Å². The summed E-state index contributed by atoms with van der Waals surface area (Å²) in [4.78, 5) is 30.8. The Hall–Kier alpha value is -3.07. The summed E-state index contributed by atoms with van der Waals surface area (Å²) in [6.07, 6.45) is 3.87. The highest BCUT2D eigenvalue weighted by atomic mass is 32.2. The van der Waals surface area contributed by atoms with E-state index in [1.807, 2.05) is 45.0 Å². The van der Waals surface area contributed by atoms with Crippen LogP contribution >= 0.6 is 12.3 Å². The molecule has 0 atom stereocenters. The van der Waals surface area contributed by atoms with Crippen molar-refractivity contribution in [2.45, 2.75) is 45.6 Å². The van der Waals surface area contributed by atoms with E-state index in [1.165, 1.54) is 3.97 Å². The monoisotopic (exact) mass is 468 g/mol. The van der Waals surface area contributed by atoms with E-state index in [2.05, 4.69) is 10.3 Å². The summed E-state index contributed by atoms with van der Waals surface area (Å²) in [5, 5.41) is 3.60. The average molecular weight is 469 g/mol. The van der Waals surface area contributed by atoms with Crippen LogP contribution in [0.4, 0.5) is 20.2 Å². The fraction of sp³-hybridized carbons (Fsp3) is 0.375. The first-order chi connectivity index (χ1) is 15.7. The van der Waals surface area contributed by atoms with Crippen molar-refractivity contribution in [3.63, 3.8) is 0 Å². The van der Waals surface area contributed by atoms with Gasteiger partial charge in [-0.1, -0.05) is 6.07 Å². The summed E-state index contributed by atoms with van der Waals surface area (Å²) in [5.41, 5.74) is 3.50. The number of nitrogens with zero attached hydrogens (tertiary/aromatic N) is 3. The van der Waals surface area contributed by atoms with Gasteiger partial charge in [-0.05, 0) is 75.4 Å². The van der Waals surface area contributed by atoms with Crippen LogP contribution in [0.1, 0.15) is 39.2 Å². The summed E-state index contributed by atoms with van der Waals surface area (Å²) >= 11 is 0.0670. The fourth-order valence-corrected chi connectivity index (χ4v) is 4.43. The second kappa shape index (κ2) is 8.06. The van der Waals surface area contributed by atoms with Crippen LogP contribution in [0.5, 0.6) is 0 Å². The topological polar surface area (TPSA) is 76.5 Å². The van der Waals surface area contributed by atoms with E-state index in [-0.39, 0.29) is 30.3 Å². The molecule has 1 fully saturated rings. The highest BCUT2D eigenvalue weighted by Crippen LogP contribution is 2.38. The molecule has 0 saturated heterocycles. The average Bonchev–Trinajstić information content (AvgIpc) is 3.43. The molecule has 1 N–H and O–H groups in total. The van der Waals surface area contributed by atoms with Crippen molar-refractivity contribution in [3.8, 4) is 11.1 Å². The van der Waals surface area contributed by atoms with E-state index >= 15 is 0 Å². The predicted molar refractivity (Wildman–Crippen MR) is 128 cm³/mol. The lowest BCUT2D eigenvalue weighted by Gasteiger charge is -2.24. The van der Waals surface area contributed by atoms with Crippen LogP contribution in [0.15, 0.2) is 36.5 Å². The van der Waals surface area contributed by atoms with E-state index in [1.54, 1.807) is 17.2 Å². The zero-order valence-corrected chi connectivity index (χ0v) is 19.5. The molecule has 7 nitrogen and oxygen atoms in total. The Balaban J connectivity index is 1.46. The third kappa shape index (κ3) is 4.29. The van der Waals surface area contributed by atoms with Crippen molar-refractivity contribution in [2.24, 2.45) is 5.92 Å². The van der Waals surface area contributed by atoms with Gasteiger partial charge in [0.2, 0.25) is 5.91 Å². The van der Waals surface area contributed by atoms with Gasteiger partial charge < -0.3 is 10.1 Å². The molecule has 1 saturated carbocycles. The van der Waals surface area contributed by atoms with Crippen LogP contribution in [0.2, 0.25) is 0 Å². The van der Waals surface area contributed by atoms with Crippen molar-refractivity contribution in [1.29, 1.82) is 0 Å². The Morgan fingerprint density at radius 3 is 2.70 bits per heavy atom. The molecule has 5 rings (SSSR count). The van der Waals surface area contributed by atoms with Crippen LogP contribution in [-0.2, 0) is 16.0 Å². The number of hydrogen-bond acceptors (Lipinski definition) is 5. The number of benzene rings is 1. The van der Waals surface area contributed by atoms with Crippen LogP contribution in [0, 0.1) is 5.92 Å². The van der Waals surface area contributed by atoms with Gasteiger partial charge in [0.1, 0.15) is 11.4 Å². The minimum absolute atomic E-state index is 0.0405. The number of carbonyl (C=O) groups is 2. The minimum atomic E-state index is -0.560. The Morgan fingerprint density at radius 1 is 1.21 bits per heavy atom. The molecule has 3 heterocycles. The Bertz CT molecular complexity index is 1260. The predicted octanol–water partition coefficient (Wildman–Crippen LogP) is 5.73. The van der Waals surface area contributed by atoms with E-state index in [9.17, 15) is 13.5 Å². The zero-order chi connectivity index (χ0) is 23.3. The number of halogens is 1. The molecule has 0 spiro atoms. The van der Waals surface area contributed by atoms with Gasteiger partial charge in [0.25, 0.3) is 0 Å². The Labute approximate surface area is 195 Å². The van der Waals surface area contributed by atoms with Crippen LogP contribution in [0.25, 0.3) is 22.2 Å². The second-order valence-corrected chi connectivity index (χ2v) is 10.0. The number of pyridine rings is 1. The number of anilines is 2. The van der Waals surface area contributed by atoms with E-state index in [0.29, 0.717) is 24.4 Å². The van der Waals surface area contributed by atoms with Gasteiger partial charge >= 0.3 is 6.09 Å². The molecule has 2 aliphatic rings. The maximum atomic E-state index is 13.7. The standard InChI is InChI=1S/C24H25FN4O3S/c1-24(2,3)32-23(31)28-11-10-16-12-15(6-8-19(16)28)18-13-29(33-25)21-17(18)7-9-20(26-21)27-22(30)14-4-5-14/h6-9,12-14H,4-5,10-11H2,1-3H3,(H,26,27,30).